The molecule has 1 aromatic heterocycles. The Morgan fingerprint density at radius 3 is 2.57 bits per heavy atom. The third-order valence-corrected chi connectivity index (χ3v) is 5.51. The van der Waals surface area contributed by atoms with Crippen molar-refractivity contribution < 1.29 is 9.53 Å². The topological polar surface area (TPSA) is 59.4 Å². The van der Waals surface area contributed by atoms with E-state index in [1.165, 1.54) is 12.8 Å². The summed E-state index contributed by atoms with van der Waals surface area (Å²) in [6.07, 6.45) is 4.31. The Balaban J connectivity index is 1.53. The highest BCUT2D eigenvalue weighted by atomic mass is 16.5. The van der Waals surface area contributed by atoms with Gasteiger partial charge in [-0.3, -0.25) is 14.4 Å². The molecule has 0 aliphatic carbocycles. The lowest BCUT2D eigenvalue weighted by molar-refractivity contribution is 0.102. The van der Waals surface area contributed by atoms with E-state index in [2.05, 4.69) is 15.3 Å². The van der Waals surface area contributed by atoms with Crippen molar-refractivity contribution in [2.45, 2.75) is 19.8 Å². The quantitative estimate of drug-likeness (QED) is 0.643. The van der Waals surface area contributed by atoms with Gasteiger partial charge in [0, 0.05) is 36.6 Å². The predicted molar refractivity (Wildman–Crippen MR) is 119 cm³/mol. The molecule has 0 atom stereocenters. The summed E-state index contributed by atoms with van der Waals surface area (Å²) >= 11 is 0. The number of ether oxygens (including phenoxy) is 1. The number of rotatable bonds is 7. The van der Waals surface area contributed by atoms with E-state index in [-0.39, 0.29) is 5.91 Å². The molecule has 0 spiro atoms. The maximum atomic E-state index is 12.6. The van der Waals surface area contributed by atoms with Gasteiger partial charge in [0.15, 0.2) is 0 Å². The van der Waals surface area contributed by atoms with Crippen LogP contribution in [0.4, 0.5) is 5.69 Å². The van der Waals surface area contributed by atoms with Crippen LogP contribution in [0.25, 0.3) is 11.3 Å². The fraction of sp³-hybridized carbons (Fsp3) is 0.333. The number of likely N-dealkylation sites (tertiary alicyclic amines) is 1. The maximum absolute atomic E-state index is 12.6. The first-order chi connectivity index (χ1) is 14.6. The monoisotopic (exact) mass is 404 g/mol. The van der Waals surface area contributed by atoms with Gasteiger partial charge in [-0.25, -0.2) is 0 Å². The third-order valence-electron chi connectivity index (χ3n) is 5.51. The molecule has 156 valence electrons. The number of aryl methyl sites for hydroxylation is 2. The Morgan fingerprint density at radius 2 is 1.87 bits per heavy atom. The van der Waals surface area contributed by atoms with Crippen LogP contribution in [0.15, 0.2) is 54.7 Å². The second-order valence-corrected chi connectivity index (χ2v) is 7.77. The van der Waals surface area contributed by atoms with Crippen LogP contribution in [-0.2, 0) is 7.05 Å². The lowest BCUT2D eigenvalue weighted by atomic mass is 10.1. The van der Waals surface area contributed by atoms with Crippen LogP contribution in [0.3, 0.4) is 0 Å². The van der Waals surface area contributed by atoms with Crippen molar-refractivity contribution >= 4 is 11.6 Å². The van der Waals surface area contributed by atoms with Gasteiger partial charge in [-0.2, -0.15) is 5.10 Å². The Hall–Kier alpha value is -3.12. The zero-order valence-electron chi connectivity index (χ0n) is 17.6. The zero-order valence-corrected chi connectivity index (χ0v) is 17.6. The Labute approximate surface area is 177 Å². The zero-order chi connectivity index (χ0) is 20.9. The number of carbonyl (C=O) groups excluding carboxylic acids is 1. The van der Waals surface area contributed by atoms with Gasteiger partial charge in [-0.05, 0) is 69.3 Å². The molecular formula is C24H28N4O2. The van der Waals surface area contributed by atoms with Gasteiger partial charge in [0.25, 0.3) is 5.91 Å². The smallest absolute Gasteiger partial charge is 0.255 e. The summed E-state index contributed by atoms with van der Waals surface area (Å²) in [7, 11) is 1.90. The Morgan fingerprint density at radius 1 is 1.10 bits per heavy atom. The molecular weight excluding hydrogens is 376 g/mol. The number of nitrogens with zero attached hydrogens (tertiary/aromatic N) is 3. The highest BCUT2D eigenvalue weighted by molar-refractivity contribution is 6.04. The van der Waals surface area contributed by atoms with Crippen LogP contribution in [0.1, 0.15) is 28.8 Å². The Bertz CT molecular complexity index is 1000. The van der Waals surface area contributed by atoms with Crippen molar-refractivity contribution in [2.24, 2.45) is 7.05 Å². The third kappa shape index (κ3) is 4.71. The number of hydrogen-bond donors (Lipinski definition) is 1. The summed E-state index contributed by atoms with van der Waals surface area (Å²) in [5, 5.41) is 7.28. The average molecular weight is 405 g/mol. The van der Waals surface area contributed by atoms with E-state index in [0.717, 1.165) is 47.9 Å². The van der Waals surface area contributed by atoms with Crippen molar-refractivity contribution in [3.8, 4) is 17.0 Å². The van der Waals surface area contributed by atoms with E-state index in [9.17, 15) is 4.79 Å². The van der Waals surface area contributed by atoms with Crippen molar-refractivity contribution in [3.05, 3.63) is 65.9 Å². The summed E-state index contributed by atoms with van der Waals surface area (Å²) in [4.78, 5) is 15.1. The summed E-state index contributed by atoms with van der Waals surface area (Å²) in [5.41, 5.74) is 4.34. The first-order valence-electron chi connectivity index (χ1n) is 10.5. The van der Waals surface area contributed by atoms with E-state index in [1.54, 1.807) is 6.20 Å². The average Bonchev–Trinajstić information content (AvgIpc) is 3.41. The second-order valence-electron chi connectivity index (χ2n) is 7.77. The van der Waals surface area contributed by atoms with E-state index in [0.29, 0.717) is 12.2 Å². The van der Waals surface area contributed by atoms with E-state index in [1.807, 2.05) is 67.2 Å². The van der Waals surface area contributed by atoms with Gasteiger partial charge in [0.1, 0.15) is 12.4 Å². The largest absolute Gasteiger partial charge is 0.492 e. The van der Waals surface area contributed by atoms with Gasteiger partial charge < -0.3 is 10.1 Å². The standard InChI is InChI=1S/C24H28N4O2/c1-18-5-7-19(8-6-18)24(29)26-20-9-10-23(30-16-15-28-13-3-4-14-28)21(17-20)22-11-12-25-27(22)2/h5-12,17H,3-4,13-16H2,1-2H3,(H,26,29). The molecule has 6 nitrogen and oxygen atoms in total. The van der Waals surface area contributed by atoms with Gasteiger partial charge in [0.2, 0.25) is 0 Å². The van der Waals surface area contributed by atoms with Gasteiger partial charge in [-0.1, -0.05) is 17.7 Å². The number of hydrogen-bond acceptors (Lipinski definition) is 4. The van der Waals surface area contributed by atoms with Crippen molar-refractivity contribution in [1.29, 1.82) is 0 Å². The molecule has 6 heteroatoms. The van der Waals surface area contributed by atoms with Gasteiger partial charge in [0.05, 0.1) is 5.69 Å². The Kier molecular flexibility index (Phi) is 6.14. The molecule has 0 unspecified atom stereocenters. The summed E-state index contributed by atoms with van der Waals surface area (Å²) in [6, 6.07) is 15.3. The summed E-state index contributed by atoms with van der Waals surface area (Å²) < 4.78 is 7.95. The van der Waals surface area contributed by atoms with Gasteiger partial charge in [-0.15, -0.1) is 0 Å². The van der Waals surface area contributed by atoms with Crippen LogP contribution in [0, 0.1) is 6.92 Å². The molecule has 0 saturated carbocycles. The fourth-order valence-electron chi connectivity index (χ4n) is 3.77. The molecule has 0 bridgehead atoms. The fourth-order valence-corrected chi connectivity index (χ4v) is 3.77. The molecule has 1 fully saturated rings. The minimum Gasteiger partial charge on any atom is -0.492 e. The normalized spacial score (nSPS) is 14.1. The minimum atomic E-state index is -0.131. The molecule has 1 aliphatic heterocycles. The van der Waals surface area contributed by atoms with Crippen LogP contribution < -0.4 is 10.1 Å². The molecule has 30 heavy (non-hydrogen) atoms. The molecule has 1 saturated heterocycles. The molecule has 4 rings (SSSR count). The summed E-state index contributed by atoms with van der Waals surface area (Å²) in [6.45, 7) is 5.88. The number of amides is 1. The van der Waals surface area contributed by atoms with Crippen LogP contribution >= 0.6 is 0 Å². The van der Waals surface area contributed by atoms with Crippen LogP contribution in [0.5, 0.6) is 5.75 Å². The molecule has 2 heterocycles. The molecule has 3 aromatic rings. The first kappa shape index (κ1) is 20.2. The van der Waals surface area contributed by atoms with E-state index in [4.69, 9.17) is 4.74 Å². The van der Waals surface area contributed by atoms with E-state index >= 15 is 0 Å². The molecule has 1 N–H and O–H groups in total. The molecule has 0 radical (unpaired) electrons. The molecule has 1 amide bonds. The van der Waals surface area contributed by atoms with Crippen molar-refractivity contribution in [1.82, 2.24) is 14.7 Å². The van der Waals surface area contributed by atoms with Crippen molar-refractivity contribution in [2.75, 3.05) is 31.6 Å². The van der Waals surface area contributed by atoms with Crippen LogP contribution in [-0.4, -0.2) is 46.8 Å². The molecule has 1 aliphatic rings. The molecule has 2 aromatic carbocycles. The lowest BCUT2D eigenvalue weighted by Crippen LogP contribution is -2.25. The lowest BCUT2D eigenvalue weighted by Gasteiger charge is -2.17. The van der Waals surface area contributed by atoms with Crippen LogP contribution in [0.2, 0.25) is 0 Å². The van der Waals surface area contributed by atoms with Gasteiger partial charge >= 0.3 is 0 Å². The number of nitrogens with one attached hydrogen (secondary N) is 1. The number of benzene rings is 2. The van der Waals surface area contributed by atoms with E-state index < -0.39 is 0 Å². The predicted octanol–water partition coefficient (Wildman–Crippen LogP) is 4.12. The number of aromatic nitrogens is 2. The number of carbonyl (C=O) groups is 1. The summed E-state index contributed by atoms with van der Waals surface area (Å²) in [5.74, 6) is 0.666. The second kappa shape index (κ2) is 9.13. The first-order valence-corrected chi connectivity index (χ1v) is 10.5. The highest BCUT2D eigenvalue weighted by Gasteiger charge is 2.15. The van der Waals surface area contributed by atoms with Crippen molar-refractivity contribution in [3.63, 3.8) is 0 Å². The minimum absolute atomic E-state index is 0.131. The number of anilines is 1. The SMILES string of the molecule is Cc1ccc(C(=O)Nc2ccc(OCCN3CCCC3)c(-c3ccnn3C)c2)cc1. The maximum Gasteiger partial charge on any atom is 0.255 e. The highest BCUT2D eigenvalue weighted by Crippen LogP contribution is 2.32.